The lowest BCUT2D eigenvalue weighted by Gasteiger charge is -2.59. The molecule has 40 heavy (non-hydrogen) atoms. The Kier molecular flexibility index (Phi) is 7.56. The summed E-state index contributed by atoms with van der Waals surface area (Å²) in [5, 5.41) is 26.0. The van der Waals surface area contributed by atoms with Gasteiger partial charge in [0.15, 0.2) is 12.4 Å². The predicted molar refractivity (Wildman–Crippen MR) is 144 cm³/mol. The van der Waals surface area contributed by atoms with E-state index in [4.69, 9.17) is 4.74 Å². The van der Waals surface area contributed by atoms with Gasteiger partial charge in [-0.3, -0.25) is 24.2 Å². The summed E-state index contributed by atoms with van der Waals surface area (Å²) in [4.78, 5) is 53.7. The van der Waals surface area contributed by atoms with Crippen LogP contribution in [-0.2, 0) is 30.5 Å². The lowest BCUT2D eigenvalue weighted by molar-refractivity contribution is -0.181. The third-order valence-corrected chi connectivity index (χ3v) is 10.3. The van der Waals surface area contributed by atoms with Crippen LogP contribution in [0.1, 0.15) is 64.4 Å². The minimum absolute atomic E-state index is 0.0130. The van der Waals surface area contributed by atoms with Crippen LogP contribution in [0.25, 0.3) is 0 Å². The maximum Gasteiger partial charge on any atom is 0.306 e. The SMILES string of the molecule is C[C@]12C=CC(=O)C=C1CC[C@@H]1[C@@H]2[C@H](O)C[C@@]2(C)[C@H]1CC[C@@]2(O)C(=O)COC(=O)CCC(=O)NCc1ccncc1. The van der Waals surface area contributed by atoms with E-state index in [0.29, 0.717) is 13.0 Å². The van der Waals surface area contributed by atoms with Crippen LogP contribution in [0.4, 0.5) is 0 Å². The summed E-state index contributed by atoms with van der Waals surface area (Å²) < 4.78 is 5.20. The molecule has 7 atom stereocenters. The molecule has 0 aromatic carbocycles. The summed E-state index contributed by atoms with van der Waals surface area (Å²) in [5.74, 6) is -1.59. The highest BCUT2D eigenvalue weighted by Gasteiger charge is 2.68. The first-order chi connectivity index (χ1) is 19.0. The van der Waals surface area contributed by atoms with Gasteiger partial charge in [-0.15, -0.1) is 0 Å². The van der Waals surface area contributed by atoms with Crippen LogP contribution in [0.3, 0.4) is 0 Å². The van der Waals surface area contributed by atoms with Gasteiger partial charge in [-0.05, 0) is 73.8 Å². The maximum atomic E-state index is 13.4. The number of fused-ring (bicyclic) bond motifs is 5. The second kappa shape index (κ2) is 10.7. The average Bonchev–Trinajstić information content (AvgIpc) is 3.20. The van der Waals surface area contributed by atoms with Gasteiger partial charge in [0.25, 0.3) is 0 Å². The number of ketones is 2. The van der Waals surface area contributed by atoms with E-state index in [2.05, 4.69) is 17.2 Å². The maximum absolute atomic E-state index is 13.4. The highest BCUT2D eigenvalue weighted by Crippen LogP contribution is 2.67. The van der Waals surface area contributed by atoms with Crippen molar-refractivity contribution in [3.05, 3.63) is 53.9 Å². The molecule has 1 amide bonds. The number of hydrogen-bond acceptors (Lipinski definition) is 8. The van der Waals surface area contributed by atoms with E-state index in [1.54, 1.807) is 36.7 Å². The van der Waals surface area contributed by atoms with Crippen LogP contribution >= 0.6 is 0 Å². The van der Waals surface area contributed by atoms with Crippen LogP contribution in [0.15, 0.2) is 48.3 Å². The Hall–Kier alpha value is -3.17. The Balaban J connectivity index is 1.18. The molecule has 5 rings (SSSR count). The van der Waals surface area contributed by atoms with Gasteiger partial charge >= 0.3 is 5.97 Å². The number of nitrogens with one attached hydrogen (secondary N) is 1. The lowest BCUT2D eigenvalue weighted by atomic mass is 9.46. The van der Waals surface area contributed by atoms with E-state index in [1.807, 2.05) is 13.0 Å². The molecule has 9 nitrogen and oxygen atoms in total. The van der Waals surface area contributed by atoms with Crippen molar-refractivity contribution < 1.29 is 34.1 Å². The molecular weight excluding hydrogens is 512 g/mol. The van der Waals surface area contributed by atoms with Crippen molar-refractivity contribution in [2.24, 2.45) is 28.6 Å². The molecule has 3 saturated carbocycles. The standard InChI is InChI=1S/C31H38N2O7/c1-29-11-7-21(34)15-20(29)3-4-22-23-8-12-31(39,30(23,2)16-24(35)28(22)29)25(36)18-40-27(38)6-5-26(37)33-17-19-9-13-32-14-10-19/h7,9-11,13-15,22-24,28,35,39H,3-6,8,12,16-18H2,1-2H3,(H,33,37)/t22-,23-,24+,28+,29-,30-,31+/m0/s1. The normalized spacial score (nSPS) is 36.1. The molecule has 214 valence electrons. The topological polar surface area (TPSA) is 143 Å². The van der Waals surface area contributed by atoms with E-state index in [9.17, 15) is 29.4 Å². The number of carbonyl (C=O) groups excluding carboxylic acids is 4. The number of hydrogen-bond donors (Lipinski definition) is 3. The number of aromatic nitrogens is 1. The van der Waals surface area contributed by atoms with Crippen molar-refractivity contribution in [3.63, 3.8) is 0 Å². The average molecular weight is 551 g/mol. The fraction of sp³-hybridized carbons (Fsp3) is 0.581. The summed E-state index contributed by atoms with van der Waals surface area (Å²) in [6.45, 7) is 3.71. The van der Waals surface area contributed by atoms with Gasteiger partial charge in [0.05, 0.1) is 12.5 Å². The van der Waals surface area contributed by atoms with Gasteiger partial charge in [-0.1, -0.05) is 25.5 Å². The van der Waals surface area contributed by atoms with Crippen LogP contribution < -0.4 is 5.32 Å². The van der Waals surface area contributed by atoms with Gasteiger partial charge in [0.1, 0.15) is 5.60 Å². The molecular formula is C31H38N2O7. The Morgan fingerprint density at radius 3 is 2.65 bits per heavy atom. The van der Waals surface area contributed by atoms with Crippen molar-refractivity contribution in [3.8, 4) is 0 Å². The highest BCUT2D eigenvalue weighted by atomic mass is 16.5. The fourth-order valence-corrected chi connectivity index (χ4v) is 8.13. The number of rotatable bonds is 8. The number of esters is 1. The number of aliphatic hydroxyl groups is 2. The van der Waals surface area contributed by atoms with E-state index in [0.717, 1.165) is 24.0 Å². The van der Waals surface area contributed by atoms with Crippen molar-refractivity contribution >= 4 is 23.4 Å². The molecule has 4 aliphatic rings. The van der Waals surface area contributed by atoms with Crippen LogP contribution in [0.5, 0.6) is 0 Å². The first-order valence-electron chi connectivity index (χ1n) is 14.2. The minimum Gasteiger partial charge on any atom is -0.458 e. The molecule has 9 heteroatoms. The molecule has 0 bridgehead atoms. The quantitative estimate of drug-likeness (QED) is 0.419. The molecule has 0 unspecified atom stereocenters. The van der Waals surface area contributed by atoms with Gasteiger partial charge in [0.2, 0.25) is 11.7 Å². The van der Waals surface area contributed by atoms with Gasteiger partial charge < -0.3 is 20.3 Å². The second-order valence-electron chi connectivity index (χ2n) is 12.3. The number of aliphatic hydroxyl groups excluding tert-OH is 1. The summed E-state index contributed by atoms with van der Waals surface area (Å²) in [5.41, 5.74) is -1.08. The van der Waals surface area contributed by atoms with Crippen molar-refractivity contribution in [2.75, 3.05) is 6.61 Å². The molecule has 1 heterocycles. The molecule has 0 saturated heterocycles. The largest absolute Gasteiger partial charge is 0.458 e. The van der Waals surface area contributed by atoms with E-state index >= 15 is 0 Å². The number of allylic oxidation sites excluding steroid dienone is 4. The number of carbonyl (C=O) groups is 4. The molecule has 0 spiro atoms. The third-order valence-electron chi connectivity index (χ3n) is 10.3. The molecule has 1 aromatic heterocycles. The zero-order valence-electron chi connectivity index (χ0n) is 23.1. The molecule has 0 radical (unpaired) electrons. The molecule has 1 aromatic rings. The Morgan fingerprint density at radius 2 is 1.90 bits per heavy atom. The molecule has 3 N–H and O–H groups in total. The number of ether oxygens (including phenoxy) is 1. The zero-order valence-corrected chi connectivity index (χ0v) is 23.1. The number of Topliss-reactive ketones (excluding diaryl/α,β-unsaturated/α-hetero) is 1. The van der Waals surface area contributed by atoms with Crippen molar-refractivity contribution in [1.82, 2.24) is 10.3 Å². The lowest BCUT2D eigenvalue weighted by Crippen LogP contribution is -2.61. The monoisotopic (exact) mass is 550 g/mol. The smallest absolute Gasteiger partial charge is 0.306 e. The highest BCUT2D eigenvalue weighted by molar-refractivity contribution is 6.01. The van der Waals surface area contributed by atoms with Crippen LogP contribution in [0.2, 0.25) is 0 Å². The Bertz CT molecular complexity index is 1260. The second-order valence-corrected chi connectivity index (χ2v) is 12.3. The van der Waals surface area contributed by atoms with Crippen molar-refractivity contribution in [1.29, 1.82) is 0 Å². The van der Waals surface area contributed by atoms with Crippen molar-refractivity contribution in [2.45, 2.75) is 77.0 Å². The van der Waals surface area contributed by atoms with Gasteiger partial charge in [-0.25, -0.2) is 0 Å². The van der Waals surface area contributed by atoms with E-state index in [-0.39, 0.29) is 55.1 Å². The summed E-state index contributed by atoms with van der Waals surface area (Å²) in [7, 11) is 0. The summed E-state index contributed by atoms with van der Waals surface area (Å²) >= 11 is 0. The zero-order chi connectivity index (χ0) is 28.7. The van der Waals surface area contributed by atoms with Crippen LogP contribution in [-0.4, -0.2) is 57.0 Å². The van der Waals surface area contributed by atoms with Gasteiger partial charge in [0, 0.05) is 42.1 Å². The summed E-state index contributed by atoms with van der Waals surface area (Å²) in [6.07, 6.45) is 10.1. The fourth-order valence-electron chi connectivity index (χ4n) is 8.13. The van der Waals surface area contributed by atoms with Gasteiger partial charge in [-0.2, -0.15) is 0 Å². The first-order valence-corrected chi connectivity index (χ1v) is 14.2. The third kappa shape index (κ3) is 4.83. The minimum atomic E-state index is -1.72. The number of pyridine rings is 1. The Labute approximate surface area is 234 Å². The Morgan fingerprint density at radius 1 is 1.15 bits per heavy atom. The first kappa shape index (κ1) is 28.4. The van der Waals surface area contributed by atoms with E-state index in [1.165, 1.54) is 0 Å². The number of amides is 1. The summed E-state index contributed by atoms with van der Waals surface area (Å²) in [6, 6.07) is 3.56. The molecule has 3 fully saturated rings. The van der Waals surface area contributed by atoms with Crippen LogP contribution in [0, 0.1) is 28.6 Å². The van der Waals surface area contributed by atoms with E-state index < -0.39 is 40.9 Å². The molecule has 0 aliphatic heterocycles. The predicted octanol–water partition coefficient (Wildman–Crippen LogP) is 2.60. The molecule has 4 aliphatic carbocycles. The number of nitrogens with zero attached hydrogens (tertiary/aromatic N) is 1.